The minimum Gasteiger partial charge on any atom is -0.222 e. The molecule has 0 bridgehead atoms. The first kappa shape index (κ1) is 20.0. The predicted molar refractivity (Wildman–Crippen MR) is 87.8 cm³/mol. The second kappa shape index (κ2) is 9.43. The van der Waals surface area contributed by atoms with Crippen LogP contribution in [0.1, 0.15) is 13.3 Å². The Morgan fingerprint density at radius 2 is 1.23 bits per heavy atom. The first-order valence-electron chi connectivity index (χ1n) is 8.14. The summed E-state index contributed by atoms with van der Waals surface area (Å²) in [5, 5.41) is 0. The van der Waals surface area contributed by atoms with Gasteiger partial charge in [-0.25, -0.2) is 18.6 Å². The molecule has 5 nitrogen and oxygen atoms in total. The third-order valence-corrected chi connectivity index (χ3v) is 3.68. The molecule has 0 aliphatic carbocycles. The number of hydrogen-bond acceptors (Lipinski definition) is 4. The standard InChI is InChI=1S/C20H20N.ClHO4/c1-2-14-21-15-13-19(17-9-5-3-6-10-17)16-20(21)18-11-7-4-8-12-18;2-1(3,4)5/h3-13,15-16H,2,14H2,1H3;(H,2,3,4,5)/q+1;/p-1. The lowest BCUT2D eigenvalue weighted by Gasteiger charge is -2.17. The summed E-state index contributed by atoms with van der Waals surface area (Å²) in [4.78, 5) is 0. The summed E-state index contributed by atoms with van der Waals surface area (Å²) < 4.78 is 36.3. The smallest absolute Gasteiger partial charge is 0.213 e. The van der Waals surface area contributed by atoms with Gasteiger partial charge in [-0.2, -0.15) is 4.57 Å². The van der Waals surface area contributed by atoms with Gasteiger partial charge in [0.25, 0.3) is 0 Å². The highest BCUT2D eigenvalue weighted by Gasteiger charge is 2.13. The van der Waals surface area contributed by atoms with Gasteiger partial charge in [0.15, 0.2) is 6.20 Å². The normalized spacial score (nSPS) is 10.8. The highest BCUT2D eigenvalue weighted by molar-refractivity contribution is 5.68. The van der Waals surface area contributed by atoms with Crippen LogP contribution in [0.25, 0.3) is 22.4 Å². The SMILES string of the molecule is CCC[n+]1ccc(-c2ccccc2)cc1-c1ccccc1.[O-][Cl+3]([O-])([O-])[O-]. The van der Waals surface area contributed by atoms with Gasteiger partial charge in [0.1, 0.15) is 6.54 Å². The van der Waals surface area contributed by atoms with Crippen molar-refractivity contribution >= 4 is 0 Å². The molecule has 3 rings (SSSR count). The number of rotatable bonds is 4. The summed E-state index contributed by atoms with van der Waals surface area (Å²) in [6, 6.07) is 25.7. The molecule has 0 N–H and O–H groups in total. The van der Waals surface area contributed by atoms with E-state index >= 15 is 0 Å². The molecule has 136 valence electrons. The fourth-order valence-corrected chi connectivity index (χ4v) is 2.63. The lowest BCUT2D eigenvalue weighted by Crippen LogP contribution is -2.68. The molecule has 0 aliphatic heterocycles. The fraction of sp³-hybridized carbons (Fsp3) is 0.150. The highest BCUT2D eigenvalue weighted by atomic mass is 35.7. The molecule has 0 aliphatic rings. The Labute approximate surface area is 155 Å². The zero-order chi connectivity index (χ0) is 19.0. The minimum atomic E-state index is -4.94. The molecule has 1 aromatic heterocycles. The Balaban J connectivity index is 0.000000431. The zero-order valence-electron chi connectivity index (χ0n) is 14.4. The van der Waals surface area contributed by atoms with Crippen LogP contribution in [0.2, 0.25) is 0 Å². The van der Waals surface area contributed by atoms with Crippen molar-refractivity contribution in [2.45, 2.75) is 19.9 Å². The van der Waals surface area contributed by atoms with Crippen LogP contribution in [0.3, 0.4) is 0 Å². The average molecular weight is 374 g/mol. The maximum atomic E-state index is 8.49. The number of hydrogen-bond donors (Lipinski definition) is 0. The van der Waals surface area contributed by atoms with Crippen LogP contribution in [-0.2, 0) is 6.54 Å². The van der Waals surface area contributed by atoms with Gasteiger partial charge < -0.3 is 0 Å². The van der Waals surface area contributed by atoms with E-state index < -0.39 is 10.2 Å². The van der Waals surface area contributed by atoms with E-state index in [0.29, 0.717) is 0 Å². The van der Waals surface area contributed by atoms with E-state index in [2.05, 4.69) is 90.5 Å². The van der Waals surface area contributed by atoms with Crippen molar-refractivity contribution < 1.29 is 33.4 Å². The molecule has 3 aromatic rings. The van der Waals surface area contributed by atoms with Crippen molar-refractivity contribution in [3.63, 3.8) is 0 Å². The monoisotopic (exact) mass is 373 g/mol. The molecule has 26 heavy (non-hydrogen) atoms. The summed E-state index contributed by atoms with van der Waals surface area (Å²) in [5.41, 5.74) is 5.07. The van der Waals surface area contributed by atoms with Crippen LogP contribution < -0.4 is 23.2 Å². The van der Waals surface area contributed by atoms with Gasteiger partial charge in [0.2, 0.25) is 5.69 Å². The molecule has 0 saturated heterocycles. The second-order valence-electron chi connectivity index (χ2n) is 5.60. The lowest BCUT2D eigenvalue weighted by atomic mass is 10.0. The Bertz CT molecular complexity index is 799. The van der Waals surface area contributed by atoms with E-state index in [1.807, 2.05) is 0 Å². The summed E-state index contributed by atoms with van der Waals surface area (Å²) >= 11 is 0. The van der Waals surface area contributed by atoms with Crippen LogP contribution in [0.4, 0.5) is 0 Å². The fourth-order valence-electron chi connectivity index (χ4n) is 2.63. The van der Waals surface area contributed by atoms with E-state index in [-0.39, 0.29) is 0 Å². The highest BCUT2D eigenvalue weighted by Crippen LogP contribution is 2.23. The molecular weight excluding hydrogens is 354 g/mol. The molecule has 0 fully saturated rings. The van der Waals surface area contributed by atoms with Crippen LogP contribution in [0, 0.1) is 10.2 Å². The van der Waals surface area contributed by atoms with Gasteiger partial charge in [-0.3, -0.25) is 0 Å². The Kier molecular flexibility index (Phi) is 7.26. The van der Waals surface area contributed by atoms with Crippen LogP contribution in [-0.4, -0.2) is 0 Å². The van der Waals surface area contributed by atoms with E-state index in [9.17, 15) is 0 Å². The zero-order valence-corrected chi connectivity index (χ0v) is 15.1. The molecular formula is C20H20ClNO4. The molecule has 1 heterocycles. The maximum absolute atomic E-state index is 8.49. The number of halogens is 1. The molecule has 0 radical (unpaired) electrons. The largest absolute Gasteiger partial charge is 0.222 e. The first-order chi connectivity index (χ1) is 12.4. The Hall–Kier alpha value is -2.28. The van der Waals surface area contributed by atoms with E-state index in [4.69, 9.17) is 18.6 Å². The number of aryl methyl sites for hydroxylation is 1. The molecule has 0 amide bonds. The summed E-state index contributed by atoms with van der Waals surface area (Å²) in [7, 11) is -4.94. The van der Waals surface area contributed by atoms with Crippen LogP contribution >= 0.6 is 0 Å². The van der Waals surface area contributed by atoms with Gasteiger partial charge in [-0.05, 0) is 23.3 Å². The molecule has 0 unspecified atom stereocenters. The van der Waals surface area contributed by atoms with Crippen molar-refractivity contribution in [3.05, 3.63) is 79.0 Å². The van der Waals surface area contributed by atoms with Crippen molar-refractivity contribution in [2.75, 3.05) is 0 Å². The minimum absolute atomic E-state index is 1.04. The third-order valence-electron chi connectivity index (χ3n) is 3.68. The van der Waals surface area contributed by atoms with Crippen LogP contribution in [0.15, 0.2) is 79.0 Å². The van der Waals surface area contributed by atoms with Crippen molar-refractivity contribution in [3.8, 4) is 22.4 Å². The Morgan fingerprint density at radius 1 is 0.731 bits per heavy atom. The van der Waals surface area contributed by atoms with E-state index in [1.165, 1.54) is 22.4 Å². The van der Waals surface area contributed by atoms with Crippen molar-refractivity contribution in [1.29, 1.82) is 0 Å². The van der Waals surface area contributed by atoms with Gasteiger partial charge in [0, 0.05) is 24.1 Å². The molecule has 2 aromatic carbocycles. The number of pyridine rings is 1. The van der Waals surface area contributed by atoms with Crippen molar-refractivity contribution in [1.82, 2.24) is 0 Å². The third kappa shape index (κ3) is 6.55. The molecule has 0 spiro atoms. The summed E-state index contributed by atoms with van der Waals surface area (Å²) in [6.07, 6.45) is 3.34. The predicted octanol–water partition coefficient (Wildman–Crippen LogP) is -0.0379. The Morgan fingerprint density at radius 3 is 1.73 bits per heavy atom. The first-order valence-corrected chi connectivity index (χ1v) is 9.38. The van der Waals surface area contributed by atoms with Gasteiger partial charge >= 0.3 is 0 Å². The number of aromatic nitrogens is 1. The van der Waals surface area contributed by atoms with E-state index in [1.54, 1.807) is 0 Å². The topological polar surface area (TPSA) is 96.1 Å². The molecule has 0 atom stereocenters. The van der Waals surface area contributed by atoms with Crippen molar-refractivity contribution in [2.24, 2.45) is 0 Å². The summed E-state index contributed by atoms with van der Waals surface area (Å²) in [5.74, 6) is 0. The van der Waals surface area contributed by atoms with Gasteiger partial charge in [0.05, 0.1) is 0 Å². The van der Waals surface area contributed by atoms with Gasteiger partial charge in [-0.15, -0.1) is 10.2 Å². The number of benzene rings is 2. The van der Waals surface area contributed by atoms with E-state index in [0.717, 1.165) is 13.0 Å². The molecule has 6 heteroatoms. The maximum Gasteiger partial charge on any atom is 0.213 e. The second-order valence-corrected chi connectivity index (χ2v) is 6.36. The quantitative estimate of drug-likeness (QED) is 0.599. The molecule has 0 saturated carbocycles. The van der Waals surface area contributed by atoms with Gasteiger partial charge in [-0.1, -0.05) is 55.5 Å². The lowest BCUT2D eigenvalue weighted by molar-refractivity contribution is -2.00. The number of nitrogens with zero attached hydrogens (tertiary/aromatic N) is 1. The summed E-state index contributed by atoms with van der Waals surface area (Å²) in [6.45, 7) is 3.26. The van der Waals surface area contributed by atoms with Crippen LogP contribution in [0.5, 0.6) is 0 Å². The average Bonchev–Trinajstić information content (AvgIpc) is 2.62.